The second kappa shape index (κ2) is 4.06. The predicted molar refractivity (Wildman–Crippen MR) is 28.1 cm³/mol. The molecule has 0 atom stereocenters. The molecule has 0 spiro atoms. The summed E-state index contributed by atoms with van der Waals surface area (Å²) >= 11 is 0. The SMILES string of the molecule is [B][B]CC=[B]. The molecule has 0 rings (SSSR count). The van der Waals surface area contributed by atoms with Crippen LogP contribution in [0.2, 0.25) is 6.32 Å². The van der Waals surface area contributed by atoms with Gasteiger partial charge in [-0.3, -0.25) is 0 Å². The van der Waals surface area contributed by atoms with E-state index < -0.39 is 0 Å². The molecule has 0 bridgehead atoms. The van der Waals surface area contributed by atoms with Gasteiger partial charge in [0.15, 0.2) is 0 Å². The molecule has 0 aromatic carbocycles. The summed E-state index contributed by atoms with van der Waals surface area (Å²) in [5.74, 6) is 1.50. The topological polar surface area (TPSA) is 0 Å². The fraction of sp³-hybridized carbons (Fsp3) is 0.500. The van der Waals surface area contributed by atoms with Crippen LogP contribution in [-0.4, -0.2) is 28.4 Å². The van der Waals surface area contributed by atoms with E-state index in [2.05, 4.69) is 0 Å². The molecule has 0 fully saturated rings. The Kier molecular flexibility index (Phi) is 4.12. The maximum absolute atomic E-state index is 4.90. The molecule has 0 aliphatic rings. The Morgan fingerprint density at radius 3 is 2.40 bits per heavy atom. The monoisotopic (exact) mass is 60.1 g/mol. The van der Waals surface area contributed by atoms with Crippen molar-refractivity contribution in [2.24, 2.45) is 0 Å². The van der Waals surface area contributed by atoms with Crippen molar-refractivity contribution in [1.82, 2.24) is 0 Å². The van der Waals surface area contributed by atoms with Crippen LogP contribution in [0.1, 0.15) is 0 Å². The Labute approximate surface area is 35.7 Å². The molecule has 0 aliphatic heterocycles. The summed E-state index contributed by atoms with van der Waals surface area (Å²) in [5.41, 5.74) is 0. The van der Waals surface area contributed by atoms with E-state index in [1.54, 1.807) is 0 Å². The summed E-state index contributed by atoms with van der Waals surface area (Å²) in [7, 11) is 11.3. The average molecular weight is 59.5 g/mol. The first-order valence-corrected chi connectivity index (χ1v) is 1.48. The van der Waals surface area contributed by atoms with E-state index in [-0.39, 0.29) is 0 Å². The molecule has 20 valence electrons. The minimum atomic E-state index is 0.694. The molecule has 0 nitrogen and oxygen atoms in total. The second-order valence-corrected chi connectivity index (χ2v) is 0.707. The quantitative estimate of drug-likeness (QED) is 0.364. The molecule has 0 aliphatic carbocycles. The zero-order chi connectivity index (χ0) is 4.12. The molecular weight excluding hydrogens is 56.5 g/mol. The molecule has 0 saturated carbocycles. The van der Waals surface area contributed by atoms with Gasteiger partial charge < -0.3 is 0 Å². The second-order valence-electron chi connectivity index (χ2n) is 0.707. The fourth-order valence-corrected chi connectivity index (χ4v) is 0.0786. The standard InChI is InChI=1S/C2H3B3/c3-1-2-5-4/h1H,2H2. The van der Waals surface area contributed by atoms with Crippen molar-refractivity contribution in [1.29, 1.82) is 0 Å². The number of hydrogen-bond donors (Lipinski definition) is 0. The van der Waals surface area contributed by atoms with E-state index in [1.807, 2.05) is 0 Å². The summed E-state index contributed by atoms with van der Waals surface area (Å²) in [6.07, 6.45) is 0.694. The molecule has 0 aromatic heterocycles. The Morgan fingerprint density at radius 2 is 2.40 bits per heavy atom. The van der Waals surface area contributed by atoms with Gasteiger partial charge in [-0.05, 0) is 0 Å². The van der Waals surface area contributed by atoms with Gasteiger partial charge in [-0.1, -0.05) is 0 Å². The molecule has 0 saturated heterocycles. The third-order valence-corrected chi connectivity index (χ3v) is 0.272. The zero-order valence-corrected chi connectivity index (χ0v) is 3.02. The molecule has 0 aromatic rings. The van der Waals surface area contributed by atoms with Crippen LogP contribution in [0.3, 0.4) is 0 Å². The van der Waals surface area contributed by atoms with Crippen LogP contribution < -0.4 is 0 Å². The maximum atomic E-state index is 4.90. The molecule has 0 amide bonds. The first-order chi connectivity index (χ1) is 2.41. The van der Waals surface area contributed by atoms with Crippen molar-refractivity contribution < 1.29 is 0 Å². The first-order valence-electron chi connectivity index (χ1n) is 1.48. The van der Waals surface area contributed by atoms with Crippen LogP contribution in [0.25, 0.3) is 0 Å². The zero-order valence-electron chi connectivity index (χ0n) is 3.02. The van der Waals surface area contributed by atoms with Crippen molar-refractivity contribution in [3.8, 4) is 0 Å². The Morgan fingerprint density at radius 1 is 1.80 bits per heavy atom. The van der Waals surface area contributed by atoms with Crippen LogP contribution in [0, 0.1) is 0 Å². The normalized spacial score (nSPS) is 6.20. The van der Waals surface area contributed by atoms with Gasteiger partial charge in [0.2, 0.25) is 0 Å². The third kappa shape index (κ3) is 4.06. The molecule has 0 unspecified atom stereocenters. The van der Waals surface area contributed by atoms with E-state index in [4.69, 9.17) is 15.2 Å². The Hall–Kier alpha value is 0.0648. The summed E-state index contributed by atoms with van der Waals surface area (Å²) in [6.45, 7) is 0. The van der Waals surface area contributed by atoms with Gasteiger partial charge in [0.1, 0.15) is 0 Å². The van der Waals surface area contributed by atoms with E-state index in [1.165, 1.54) is 13.1 Å². The molecular formula is C2H3B3. The van der Waals surface area contributed by atoms with Gasteiger partial charge in [-0.2, -0.15) is 0 Å². The first kappa shape index (κ1) is 5.06. The third-order valence-electron chi connectivity index (χ3n) is 0.272. The van der Waals surface area contributed by atoms with Crippen LogP contribution in [0.15, 0.2) is 0 Å². The Bertz CT molecular complexity index is 26.1. The molecule has 5 heavy (non-hydrogen) atoms. The Balaban J connectivity index is 2.40. The van der Waals surface area contributed by atoms with Gasteiger partial charge >= 0.3 is 34.7 Å². The van der Waals surface area contributed by atoms with Crippen LogP contribution >= 0.6 is 0 Å². The van der Waals surface area contributed by atoms with Gasteiger partial charge in [0.25, 0.3) is 0 Å². The van der Waals surface area contributed by atoms with E-state index in [9.17, 15) is 0 Å². The van der Waals surface area contributed by atoms with Crippen LogP contribution in [0.5, 0.6) is 0 Å². The predicted octanol–water partition coefficient (Wildman–Crippen LogP) is -0.837. The number of rotatable bonds is 2. The van der Waals surface area contributed by atoms with E-state index in [0.29, 0.717) is 6.32 Å². The molecule has 0 heterocycles. The minimum absolute atomic E-state index is 0.694. The van der Waals surface area contributed by atoms with Gasteiger partial charge in [-0.15, -0.1) is 0 Å². The summed E-state index contributed by atoms with van der Waals surface area (Å²) in [5, 5.41) is 0. The summed E-state index contributed by atoms with van der Waals surface area (Å²) in [6, 6.07) is 0. The van der Waals surface area contributed by atoms with Crippen molar-refractivity contribution in [2.75, 3.05) is 0 Å². The van der Waals surface area contributed by atoms with Gasteiger partial charge in [0.05, 0.1) is 0 Å². The van der Waals surface area contributed by atoms with Crippen LogP contribution in [-0.2, 0) is 0 Å². The summed E-state index contributed by atoms with van der Waals surface area (Å²) in [4.78, 5) is 0. The number of hydrogen-bond acceptors (Lipinski definition) is 0. The molecule has 0 N–H and O–H groups in total. The van der Waals surface area contributed by atoms with Crippen LogP contribution in [0.4, 0.5) is 0 Å². The van der Waals surface area contributed by atoms with Crippen molar-refractivity contribution in [3.05, 3.63) is 0 Å². The molecule has 4 radical (unpaired) electrons. The summed E-state index contributed by atoms with van der Waals surface area (Å²) < 4.78 is 0. The van der Waals surface area contributed by atoms with Gasteiger partial charge in [0, 0.05) is 0 Å². The van der Waals surface area contributed by atoms with E-state index in [0.717, 1.165) is 0 Å². The van der Waals surface area contributed by atoms with Crippen molar-refractivity contribution >= 4 is 28.4 Å². The average Bonchev–Trinajstić information content (AvgIpc) is 1.41. The van der Waals surface area contributed by atoms with Crippen molar-refractivity contribution in [3.63, 3.8) is 0 Å². The fourth-order valence-electron chi connectivity index (χ4n) is 0.0786. The van der Waals surface area contributed by atoms with Gasteiger partial charge in [-0.25, -0.2) is 0 Å². The van der Waals surface area contributed by atoms with Crippen molar-refractivity contribution in [2.45, 2.75) is 6.32 Å². The molecule has 3 heteroatoms. The van der Waals surface area contributed by atoms with E-state index >= 15 is 0 Å².